The van der Waals surface area contributed by atoms with E-state index < -0.39 is 0 Å². The van der Waals surface area contributed by atoms with Crippen LogP contribution in [0.4, 0.5) is 0 Å². The molecule has 1 aromatic rings. The predicted octanol–water partition coefficient (Wildman–Crippen LogP) is 4.10. The van der Waals surface area contributed by atoms with Crippen LogP contribution in [0.1, 0.15) is 57.6 Å². The Morgan fingerprint density at radius 1 is 1.00 bits per heavy atom. The number of ether oxygens (including phenoxy) is 1. The van der Waals surface area contributed by atoms with E-state index in [1.807, 2.05) is 0 Å². The van der Waals surface area contributed by atoms with Crippen molar-refractivity contribution in [3.05, 3.63) is 35.4 Å². The van der Waals surface area contributed by atoms with Crippen LogP contribution in [0.15, 0.2) is 24.3 Å². The predicted molar refractivity (Wildman–Crippen MR) is 82.6 cm³/mol. The van der Waals surface area contributed by atoms with Gasteiger partial charge >= 0.3 is 0 Å². The molecule has 0 radical (unpaired) electrons. The second-order valence-corrected chi connectivity index (χ2v) is 5.70. The van der Waals surface area contributed by atoms with Gasteiger partial charge in [0, 0.05) is 13.2 Å². The van der Waals surface area contributed by atoms with E-state index in [0.717, 1.165) is 26.1 Å². The van der Waals surface area contributed by atoms with Crippen molar-refractivity contribution in [3.8, 4) is 0 Å². The molecule has 1 N–H and O–H groups in total. The quantitative estimate of drug-likeness (QED) is 0.677. The largest absolute Gasteiger partial charge is 0.379 e. The minimum absolute atomic E-state index is 0.354. The molecule has 0 atom stereocenters. The van der Waals surface area contributed by atoms with E-state index in [1.165, 1.54) is 17.5 Å². The summed E-state index contributed by atoms with van der Waals surface area (Å²) in [6, 6.07) is 8.92. The van der Waals surface area contributed by atoms with Crippen LogP contribution >= 0.6 is 0 Å². The first-order chi connectivity index (χ1) is 9.09. The lowest BCUT2D eigenvalue weighted by Gasteiger charge is -2.09. The van der Waals surface area contributed by atoms with E-state index in [9.17, 15) is 0 Å². The Hall–Kier alpha value is -0.860. The lowest BCUT2D eigenvalue weighted by molar-refractivity contribution is 0.0760. The number of benzene rings is 1. The fraction of sp³-hybridized carbons (Fsp3) is 0.647. The van der Waals surface area contributed by atoms with Crippen molar-refractivity contribution in [2.45, 2.75) is 59.1 Å². The summed E-state index contributed by atoms with van der Waals surface area (Å²) in [5.74, 6) is 0.614. The first-order valence-electron chi connectivity index (χ1n) is 7.50. The van der Waals surface area contributed by atoms with Crippen molar-refractivity contribution < 1.29 is 4.74 Å². The lowest BCUT2D eigenvalue weighted by Crippen LogP contribution is -2.15. The van der Waals surface area contributed by atoms with Crippen molar-refractivity contribution in [2.75, 3.05) is 13.2 Å². The van der Waals surface area contributed by atoms with E-state index in [0.29, 0.717) is 12.0 Å². The van der Waals surface area contributed by atoms with E-state index in [-0.39, 0.29) is 0 Å². The topological polar surface area (TPSA) is 21.3 Å². The average Bonchev–Trinajstić information content (AvgIpc) is 2.38. The van der Waals surface area contributed by atoms with Gasteiger partial charge in [-0.15, -0.1) is 0 Å². The van der Waals surface area contributed by atoms with Crippen LogP contribution in [0.3, 0.4) is 0 Å². The highest BCUT2D eigenvalue weighted by atomic mass is 16.5. The molecule has 0 saturated heterocycles. The average molecular weight is 263 g/mol. The monoisotopic (exact) mass is 263 g/mol. The number of hydrogen-bond acceptors (Lipinski definition) is 2. The maximum atomic E-state index is 5.51. The Balaban J connectivity index is 2.09. The molecule has 0 aliphatic carbocycles. The summed E-state index contributed by atoms with van der Waals surface area (Å²) in [4.78, 5) is 0. The van der Waals surface area contributed by atoms with Gasteiger partial charge in [-0.1, -0.05) is 38.1 Å². The maximum Gasteiger partial charge on any atom is 0.0518 e. The number of hydrogen-bond donors (Lipinski definition) is 1. The van der Waals surface area contributed by atoms with Crippen LogP contribution in [0.2, 0.25) is 0 Å². The van der Waals surface area contributed by atoms with Gasteiger partial charge in [0.05, 0.1) is 6.10 Å². The van der Waals surface area contributed by atoms with Gasteiger partial charge in [0.25, 0.3) is 0 Å². The highest BCUT2D eigenvalue weighted by Gasteiger charge is 1.99. The molecule has 1 aromatic carbocycles. The van der Waals surface area contributed by atoms with E-state index in [2.05, 4.69) is 57.3 Å². The summed E-state index contributed by atoms with van der Waals surface area (Å²) in [6.07, 6.45) is 2.67. The van der Waals surface area contributed by atoms with E-state index in [4.69, 9.17) is 4.74 Å². The second kappa shape index (κ2) is 9.11. The maximum absolute atomic E-state index is 5.51. The van der Waals surface area contributed by atoms with Crippen LogP contribution in [0, 0.1) is 0 Å². The second-order valence-electron chi connectivity index (χ2n) is 5.70. The molecule has 108 valence electrons. The zero-order valence-electron chi connectivity index (χ0n) is 12.9. The molecule has 0 fully saturated rings. The van der Waals surface area contributed by atoms with Crippen molar-refractivity contribution in [1.29, 1.82) is 0 Å². The molecular formula is C17H29NO. The van der Waals surface area contributed by atoms with Crippen LogP contribution < -0.4 is 5.32 Å². The van der Waals surface area contributed by atoms with Crippen molar-refractivity contribution in [3.63, 3.8) is 0 Å². The summed E-state index contributed by atoms with van der Waals surface area (Å²) in [5, 5.41) is 3.48. The van der Waals surface area contributed by atoms with Crippen molar-refractivity contribution >= 4 is 0 Å². The summed E-state index contributed by atoms with van der Waals surface area (Å²) < 4.78 is 5.51. The molecule has 19 heavy (non-hydrogen) atoms. The fourth-order valence-electron chi connectivity index (χ4n) is 1.92. The van der Waals surface area contributed by atoms with Gasteiger partial charge in [-0.25, -0.2) is 0 Å². The minimum Gasteiger partial charge on any atom is -0.379 e. The molecule has 0 aromatic heterocycles. The van der Waals surface area contributed by atoms with Crippen molar-refractivity contribution in [2.24, 2.45) is 0 Å². The Labute approximate surface area is 118 Å². The summed E-state index contributed by atoms with van der Waals surface area (Å²) in [7, 11) is 0. The summed E-state index contributed by atoms with van der Waals surface area (Å²) >= 11 is 0. The first kappa shape index (κ1) is 16.2. The van der Waals surface area contributed by atoms with E-state index >= 15 is 0 Å². The van der Waals surface area contributed by atoms with Crippen molar-refractivity contribution in [1.82, 2.24) is 5.32 Å². The van der Waals surface area contributed by atoms with Gasteiger partial charge in [-0.3, -0.25) is 0 Å². The van der Waals surface area contributed by atoms with Crippen LogP contribution in [-0.4, -0.2) is 19.3 Å². The van der Waals surface area contributed by atoms with Gasteiger partial charge < -0.3 is 10.1 Å². The Bertz CT molecular complexity index is 330. The molecule has 0 bridgehead atoms. The van der Waals surface area contributed by atoms with Gasteiger partial charge in [-0.2, -0.15) is 0 Å². The molecule has 0 aliphatic heterocycles. The Morgan fingerprint density at radius 3 is 2.26 bits per heavy atom. The zero-order valence-corrected chi connectivity index (χ0v) is 12.9. The Morgan fingerprint density at radius 2 is 1.68 bits per heavy atom. The standard InChI is InChI=1S/C17H29NO/c1-14(2)17-9-7-16(8-10-17)13-18-11-5-6-12-19-15(3)4/h7-10,14-15,18H,5-6,11-13H2,1-4H3. The highest BCUT2D eigenvalue weighted by Crippen LogP contribution is 2.14. The molecule has 2 heteroatoms. The van der Waals surface area contributed by atoms with Crippen LogP contribution in [-0.2, 0) is 11.3 Å². The third-order valence-electron chi connectivity index (χ3n) is 3.17. The molecule has 0 amide bonds. The molecule has 0 unspecified atom stereocenters. The number of unbranched alkanes of at least 4 members (excludes halogenated alkanes) is 1. The molecule has 2 nitrogen and oxygen atoms in total. The Kier molecular flexibility index (Phi) is 7.76. The first-order valence-corrected chi connectivity index (χ1v) is 7.50. The van der Waals surface area contributed by atoms with E-state index in [1.54, 1.807) is 0 Å². The lowest BCUT2D eigenvalue weighted by atomic mass is 10.0. The van der Waals surface area contributed by atoms with Gasteiger partial charge in [0.15, 0.2) is 0 Å². The van der Waals surface area contributed by atoms with Crippen LogP contribution in [0.25, 0.3) is 0 Å². The van der Waals surface area contributed by atoms with Crippen LogP contribution in [0.5, 0.6) is 0 Å². The summed E-state index contributed by atoms with van der Waals surface area (Å²) in [6.45, 7) is 11.5. The third kappa shape index (κ3) is 7.34. The van der Waals surface area contributed by atoms with Gasteiger partial charge in [0.2, 0.25) is 0 Å². The summed E-state index contributed by atoms with van der Waals surface area (Å²) in [5.41, 5.74) is 2.78. The third-order valence-corrected chi connectivity index (χ3v) is 3.17. The molecule has 0 saturated carbocycles. The molecule has 0 heterocycles. The van der Waals surface area contributed by atoms with Gasteiger partial charge in [0.1, 0.15) is 0 Å². The number of rotatable bonds is 9. The normalized spacial score (nSPS) is 11.5. The fourth-order valence-corrected chi connectivity index (χ4v) is 1.92. The molecular weight excluding hydrogens is 234 g/mol. The smallest absolute Gasteiger partial charge is 0.0518 e. The van der Waals surface area contributed by atoms with Gasteiger partial charge in [-0.05, 0) is 50.3 Å². The zero-order chi connectivity index (χ0) is 14.1. The molecule has 0 spiro atoms. The highest BCUT2D eigenvalue weighted by molar-refractivity contribution is 5.24. The minimum atomic E-state index is 0.354. The molecule has 1 rings (SSSR count). The number of nitrogens with one attached hydrogen (secondary N) is 1. The SMILES string of the molecule is CC(C)OCCCCNCc1ccc(C(C)C)cc1. The molecule has 0 aliphatic rings.